The Labute approximate surface area is 131 Å². The SMILES string of the molecule is O=C(Cn1ncc2ccccc2c1=O)N[C@@H]1CC[C@H](C(=O)O)C1. The lowest BCUT2D eigenvalue weighted by Crippen LogP contribution is -2.38. The fourth-order valence-corrected chi connectivity index (χ4v) is 2.99. The molecule has 2 N–H and O–H groups in total. The molecular formula is C16H17N3O4. The van der Waals surface area contributed by atoms with Gasteiger partial charge in [0.2, 0.25) is 5.91 Å². The van der Waals surface area contributed by atoms with Crippen LogP contribution in [0.5, 0.6) is 0 Å². The van der Waals surface area contributed by atoms with Crippen LogP contribution < -0.4 is 10.9 Å². The van der Waals surface area contributed by atoms with Crippen LogP contribution in [0, 0.1) is 5.92 Å². The summed E-state index contributed by atoms with van der Waals surface area (Å²) in [7, 11) is 0. The molecule has 7 heteroatoms. The topological polar surface area (TPSA) is 101 Å². The van der Waals surface area contributed by atoms with Gasteiger partial charge >= 0.3 is 5.97 Å². The van der Waals surface area contributed by atoms with Crippen molar-refractivity contribution in [3.05, 3.63) is 40.8 Å². The van der Waals surface area contributed by atoms with E-state index >= 15 is 0 Å². The molecule has 1 aliphatic carbocycles. The molecule has 0 saturated heterocycles. The molecule has 1 aliphatic rings. The Bertz CT molecular complexity index is 814. The Morgan fingerprint density at radius 1 is 1.30 bits per heavy atom. The van der Waals surface area contributed by atoms with Crippen LogP contribution in [0.15, 0.2) is 35.3 Å². The summed E-state index contributed by atoms with van der Waals surface area (Å²) in [5.74, 6) is -1.55. The molecule has 0 unspecified atom stereocenters. The second-order valence-corrected chi connectivity index (χ2v) is 5.81. The first-order valence-electron chi connectivity index (χ1n) is 7.51. The Balaban J connectivity index is 1.68. The van der Waals surface area contributed by atoms with Gasteiger partial charge in [-0.1, -0.05) is 18.2 Å². The van der Waals surface area contributed by atoms with Gasteiger partial charge in [-0.2, -0.15) is 5.10 Å². The van der Waals surface area contributed by atoms with Gasteiger partial charge in [-0.05, 0) is 25.3 Å². The number of fused-ring (bicyclic) bond motifs is 1. The quantitative estimate of drug-likeness (QED) is 0.867. The number of aromatic nitrogens is 2. The van der Waals surface area contributed by atoms with E-state index in [1.54, 1.807) is 24.4 Å². The van der Waals surface area contributed by atoms with Crippen molar-refractivity contribution in [1.29, 1.82) is 0 Å². The van der Waals surface area contributed by atoms with Gasteiger partial charge in [-0.25, -0.2) is 4.68 Å². The van der Waals surface area contributed by atoms with Crippen LogP contribution in [-0.4, -0.2) is 32.8 Å². The molecule has 23 heavy (non-hydrogen) atoms. The van der Waals surface area contributed by atoms with E-state index in [9.17, 15) is 14.4 Å². The lowest BCUT2D eigenvalue weighted by Gasteiger charge is -2.13. The molecule has 120 valence electrons. The Hall–Kier alpha value is -2.70. The number of hydrogen-bond donors (Lipinski definition) is 2. The minimum absolute atomic E-state index is 0.153. The average molecular weight is 315 g/mol. The Morgan fingerprint density at radius 3 is 2.83 bits per heavy atom. The summed E-state index contributed by atoms with van der Waals surface area (Å²) in [5.41, 5.74) is -0.312. The van der Waals surface area contributed by atoms with E-state index in [1.165, 1.54) is 0 Å². The smallest absolute Gasteiger partial charge is 0.306 e. The van der Waals surface area contributed by atoms with E-state index in [4.69, 9.17) is 5.11 Å². The number of carbonyl (C=O) groups is 2. The number of hydrogen-bond acceptors (Lipinski definition) is 4. The van der Waals surface area contributed by atoms with Crippen LogP contribution in [0.1, 0.15) is 19.3 Å². The van der Waals surface area contributed by atoms with E-state index in [0.717, 1.165) is 10.1 Å². The molecule has 2 aromatic rings. The number of rotatable bonds is 4. The van der Waals surface area contributed by atoms with Gasteiger partial charge in [0.05, 0.1) is 17.5 Å². The molecule has 1 amide bonds. The predicted octanol–water partition coefficient (Wildman–Crippen LogP) is 0.766. The van der Waals surface area contributed by atoms with E-state index in [1.807, 2.05) is 6.07 Å². The van der Waals surface area contributed by atoms with E-state index in [-0.39, 0.29) is 24.1 Å². The number of aliphatic carboxylic acids is 1. The number of carboxylic acids is 1. The highest BCUT2D eigenvalue weighted by Crippen LogP contribution is 2.25. The van der Waals surface area contributed by atoms with Gasteiger partial charge in [-0.15, -0.1) is 0 Å². The van der Waals surface area contributed by atoms with Crippen molar-refractivity contribution in [2.45, 2.75) is 31.8 Å². The molecule has 0 radical (unpaired) electrons. The molecular weight excluding hydrogens is 298 g/mol. The summed E-state index contributed by atoms with van der Waals surface area (Å²) in [5, 5.41) is 17.0. The molecule has 1 heterocycles. The molecule has 1 aromatic carbocycles. The third-order valence-electron chi connectivity index (χ3n) is 4.20. The summed E-state index contributed by atoms with van der Waals surface area (Å²) in [6.07, 6.45) is 3.19. The minimum Gasteiger partial charge on any atom is -0.481 e. The van der Waals surface area contributed by atoms with Crippen molar-refractivity contribution in [2.24, 2.45) is 5.92 Å². The summed E-state index contributed by atoms with van der Waals surface area (Å²) in [6, 6.07) is 6.92. The lowest BCUT2D eigenvalue weighted by molar-refractivity contribution is -0.141. The highest BCUT2D eigenvalue weighted by molar-refractivity contribution is 5.81. The fourth-order valence-electron chi connectivity index (χ4n) is 2.99. The predicted molar refractivity (Wildman–Crippen MR) is 82.9 cm³/mol. The van der Waals surface area contributed by atoms with Gasteiger partial charge in [0.1, 0.15) is 6.54 Å². The maximum Gasteiger partial charge on any atom is 0.306 e. The summed E-state index contributed by atoms with van der Waals surface area (Å²) in [4.78, 5) is 35.3. The van der Waals surface area contributed by atoms with Gasteiger partial charge in [-0.3, -0.25) is 14.4 Å². The lowest BCUT2D eigenvalue weighted by atomic mass is 10.1. The first-order chi connectivity index (χ1) is 11.0. The van der Waals surface area contributed by atoms with Crippen molar-refractivity contribution in [3.8, 4) is 0 Å². The fraction of sp³-hybridized carbons (Fsp3) is 0.375. The van der Waals surface area contributed by atoms with Crippen molar-refractivity contribution in [3.63, 3.8) is 0 Å². The number of nitrogens with zero attached hydrogens (tertiary/aromatic N) is 2. The zero-order chi connectivity index (χ0) is 16.4. The normalized spacial score (nSPS) is 20.5. The largest absolute Gasteiger partial charge is 0.481 e. The highest BCUT2D eigenvalue weighted by Gasteiger charge is 2.30. The van der Waals surface area contributed by atoms with E-state index in [2.05, 4.69) is 10.4 Å². The second kappa shape index (κ2) is 6.20. The third kappa shape index (κ3) is 3.23. The third-order valence-corrected chi connectivity index (χ3v) is 4.20. The molecule has 2 atom stereocenters. The van der Waals surface area contributed by atoms with Crippen molar-refractivity contribution in [1.82, 2.24) is 15.1 Å². The van der Waals surface area contributed by atoms with Gasteiger partial charge in [0, 0.05) is 11.4 Å². The van der Waals surface area contributed by atoms with Gasteiger partial charge in [0.25, 0.3) is 5.56 Å². The van der Waals surface area contributed by atoms with Crippen LogP contribution in [0.4, 0.5) is 0 Å². The summed E-state index contributed by atoms with van der Waals surface area (Å²) in [6.45, 7) is -0.169. The Kier molecular flexibility index (Phi) is 4.10. The molecule has 1 aromatic heterocycles. The van der Waals surface area contributed by atoms with E-state index in [0.29, 0.717) is 24.6 Å². The molecule has 0 aliphatic heterocycles. The first-order valence-corrected chi connectivity index (χ1v) is 7.51. The van der Waals surface area contributed by atoms with Crippen molar-refractivity contribution < 1.29 is 14.7 Å². The maximum atomic E-state index is 12.3. The number of nitrogens with one attached hydrogen (secondary N) is 1. The van der Waals surface area contributed by atoms with E-state index < -0.39 is 11.9 Å². The number of benzene rings is 1. The molecule has 7 nitrogen and oxygen atoms in total. The van der Waals surface area contributed by atoms with Crippen molar-refractivity contribution >= 4 is 22.6 Å². The van der Waals surface area contributed by atoms with Crippen molar-refractivity contribution in [2.75, 3.05) is 0 Å². The standard InChI is InChI=1S/C16H17N3O4/c20-14(18-12-6-5-10(7-12)16(22)23)9-19-15(21)13-4-2-1-3-11(13)8-17-19/h1-4,8,10,12H,5-7,9H2,(H,18,20)(H,22,23)/t10-,12+/m0/s1. The molecule has 3 rings (SSSR count). The zero-order valence-electron chi connectivity index (χ0n) is 12.4. The second-order valence-electron chi connectivity index (χ2n) is 5.81. The number of carboxylic acid groups (broad SMARTS) is 1. The van der Waals surface area contributed by atoms with Crippen LogP contribution in [0.3, 0.4) is 0 Å². The first kappa shape index (κ1) is 15.2. The van der Waals surface area contributed by atoms with Gasteiger partial charge in [0.15, 0.2) is 0 Å². The Morgan fingerprint density at radius 2 is 2.09 bits per heavy atom. The van der Waals surface area contributed by atoms with Crippen LogP contribution in [0.25, 0.3) is 10.8 Å². The maximum absolute atomic E-state index is 12.3. The van der Waals surface area contributed by atoms with Crippen LogP contribution in [-0.2, 0) is 16.1 Å². The number of carbonyl (C=O) groups excluding carboxylic acids is 1. The summed E-state index contributed by atoms with van der Waals surface area (Å²) < 4.78 is 1.13. The van der Waals surface area contributed by atoms with Crippen LogP contribution >= 0.6 is 0 Å². The minimum atomic E-state index is -0.825. The molecule has 0 spiro atoms. The summed E-state index contributed by atoms with van der Waals surface area (Å²) >= 11 is 0. The number of amides is 1. The molecule has 1 saturated carbocycles. The molecule has 0 bridgehead atoms. The monoisotopic (exact) mass is 315 g/mol. The highest BCUT2D eigenvalue weighted by atomic mass is 16.4. The van der Waals surface area contributed by atoms with Gasteiger partial charge < -0.3 is 10.4 Å². The average Bonchev–Trinajstić information content (AvgIpc) is 2.99. The molecule has 1 fully saturated rings. The van der Waals surface area contributed by atoms with Crippen LogP contribution in [0.2, 0.25) is 0 Å². The zero-order valence-corrected chi connectivity index (χ0v) is 12.4.